The van der Waals surface area contributed by atoms with Crippen LogP contribution in [-0.2, 0) is 0 Å². The summed E-state index contributed by atoms with van der Waals surface area (Å²) in [5.41, 5.74) is 9.49. The van der Waals surface area contributed by atoms with Crippen molar-refractivity contribution < 1.29 is 0 Å². The van der Waals surface area contributed by atoms with Crippen LogP contribution in [0.2, 0.25) is 0 Å². The van der Waals surface area contributed by atoms with Crippen molar-refractivity contribution in [2.45, 2.75) is 0 Å². The van der Waals surface area contributed by atoms with Crippen molar-refractivity contribution in [2.75, 3.05) is 0 Å². The summed E-state index contributed by atoms with van der Waals surface area (Å²) in [6.45, 7) is 0. The molecule has 0 unspecified atom stereocenters. The zero-order valence-electron chi connectivity index (χ0n) is 24.9. The first kappa shape index (κ1) is 25.2. The van der Waals surface area contributed by atoms with Gasteiger partial charge < -0.3 is 9.13 Å². The highest BCUT2D eigenvalue weighted by molar-refractivity contribution is 6.29. The lowest BCUT2D eigenvalue weighted by Crippen LogP contribution is -1.94. The number of para-hydroxylation sites is 3. The Labute approximate surface area is 265 Å². The van der Waals surface area contributed by atoms with E-state index in [1.54, 1.807) is 0 Å². The van der Waals surface area contributed by atoms with Crippen LogP contribution in [0.15, 0.2) is 164 Å². The lowest BCUT2D eigenvalue weighted by atomic mass is 9.99. The lowest BCUT2D eigenvalue weighted by Gasteiger charge is -2.11. The number of pyridine rings is 1. The third-order valence-corrected chi connectivity index (χ3v) is 9.59. The molecule has 0 N–H and O–H groups in total. The zero-order valence-corrected chi connectivity index (χ0v) is 24.9. The van der Waals surface area contributed by atoms with Crippen molar-refractivity contribution in [3.05, 3.63) is 164 Å². The molecule has 3 heterocycles. The first-order valence-electron chi connectivity index (χ1n) is 15.7. The van der Waals surface area contributed by atoms with Crippen LogP contribution < -0.4 is 0 Å². The molecule has 214 valence electrons. The van der Waals surface area contributed by atoms with E-state index < -0.39 is 0 Å². The minimum Gasteiger partial charge on any atom is -0.309 e. The molecule has 3 heteroatoms. The average molecular weight is 586 g/mol. The van der Waals surface area contributed by atoms with E-state index in [1.807, 2.05) is 12.4 Å². The summed E-state index contributed by atoms with van der Waals surface area (Å²) in [6, 6.07) is 54.9. The number of fused-ring (bicyclic) bond motifs is 10. The first-order valence-corrected chi connectivity index (χ1v) is 15.7. The van der Waals surface area contributed by atoms with Gasteiger partial charge >= 0.3 is 0 Å². The number of rotatable bonds is 3. The molecule has 0 saturated heterocycles. The SMILES string of the molecule is c1ccc(-n2c3ccccc3c3c4ccc5c(c4ccc32)c2ccccc2n5-c2ccc(-c3cncc4ccccc34)cc2)cc1. The van der Waals surface area contributed by atoms with Crippen molar-refractivity contribution in [1.29, 1.82) is 0 Å². The van der Waals surface area contributed by atoms with Gasteiger partial charge in [-0.2, -0.15) is 0 Å². The van der Waals surface area contributed by atoms with E-state index in [0.717, 1.165) is 22.2 Å². The third kappa shape index (κ3) is 3.51. The Morgan fingerprint density at radius 3 is 1.50 bits per heavy atom. The highest BCUT2D eigenvalue weighted by atomic mass is 15.0. The maximum atomic E-state index is 4.52. The van der Waals surface area contributed by atoms with E-state index in [-0.39, 0.29) is 0 Å². The van der Waals surface area contributed by atoms with E-state index >= 15 is 0 Å². The molecule has 10 rings (SSSR count). The minimum absolute atomic E-state index is 1.14. The molecule has 0 atom stereocenters. The van der Waals surface area contributed by atoms with Crippen LogP contribution in [0.1, 0.15) is 0 Å². The van der Waals surface area contributed by atoms with Gasteiger partial charge in [-0.25, -0.2) is 0 Å². The second-order valence-corrected chi connectivity index (χ2v) is 12.0. The van der Waals surface area contributed by atoms with Crippen molar-refractivity contribution in [1.82, 2.24) is 14.1 Å². The molecule has 10 aromatic rings. The Morgan fingerprint density at radius 1 is 0.348 bits per heavy atom. The average Bonchev–Trinajstić information content (AvgIpc) is 3.65. The lowest BCUT2D eigenvalue weighted by molar-refractivity contribution is 1.18. The Balaban J connectivity index is 1.23. The molecule has 0 radical (unpaired) electrons. The molecule has 0 aliphatic rings. The van der Waals surface area contributed by atoms with Gasteiger partial charge in [0.25, 0.3) is 0 Å². The maximum Gasteiger partial charge on any atom is 0.0547 e. The molecular weight excluding hydrogens is 558 g/mol. The van der Waals surface area contributed by atoms with Crippen molar-refractivity contribution in [3.8, 4) is 22.5 Å². The fraction of sp³-hybridized carbons (Fsp3) is 0. The molecule has 0 saturated carbocycles. The molecule has 0 aliphatic heterocycles. The maximum absolute atomic E-state index is 4.52. The summed E-state index contributed by atoms with van der Waals surface area (Å²) in [5, 5.41) is 10.0. The van der Waals surface area contributed by atoms with E-state index in [2.05, 4.69) is 166 Å². The minimum atomic E-state index is 1.14. The number of hydrogen-bond donors (Lipinski definition) is 0. The molecule has 3 aromatic heterocycles. The van der Waals surface area contributed by atoms with Gasteiger partial charge in [0.05, 0.1) is 22.1 Å². The molecular formula is C43H27N3. The summed E-state index contributed by atoms with van der Waals surface area (Å²) in [6.07, 6.45) is 3.91. The van der Waals surface area contributed by atoms with Gasteiger partial charge in [-0.15, -0.1) is 0 Å². The number of hydrogen-bond acceptors (Lipinski definition) is 1. The molecule has 0 aliphatic carbocycles. The second kappa shape index (κ2) is 9.65. The third-order valence-electron chi connectivity index (χ3n) is 9.59. The monoisotopic (exact) mass is 585 g/mol. The highest BCUT2D eigenvalue weighted by Crippen LogP contribution is 2.42. The Hall–Kier alpha value is -6.19. The van der Waals surface area contributed by atoms with Crippen LogP contribution in [0.25, 0.3) is 87.7 Å². The fourth-order valence-electron chi connectivity index (χ4n) is 7.61. The zero-order chi connectivity index (χ0) is 30.2. The van der Waals surface area contributed by atoms with E-state index in [4.69, 9.17) is 0 Å². The quantitative estimate of drug-likeness (QED) is 0.202. The van der Waals surface area contributed by atoms with Gasteiger partial charge in [0.1, 0.15) is 0 Å². The van der Waals surface area contributed by atoms with E-state index in [9.17, 15) is 0 Å². The van der Waals surface area contributed by atoms with Crippen LogP contribution in [0.3, 0.4) is 0 Å². The number of nitrogens with zero attached hydrogens (tertiary/aromatic N) is 3. The predicted octanol–water partition coefficient (Wildman–Crippen LogP) is 11.2. The second-order valence-electron chi connectivity index (χ2n) is 12.0. The van der Waals surface area contributed by atoms with E-state index in [0.29, 0.717) is 0 Å². The standard InChI is InChI=1S/C43H27N3/c1-2-11-30(12-3-1)45-38-16-8-6-14-35(38)42-33-23-25-41-43(34(33)22-24-40(42)45)36-15-7-9-17-39(36)46(41)31-20-18-28(19-21-31)37-27-44-26-29-10-4-5-13-32(29)37/h1-27H. The highest BCUT2D eigenvalue weighted by Gasteiger charge is 2.19. The van der Waals surface area contributed by atoms with E-state index in [1.165, 1.54) is 65.5 Å². The summed E-state index contributed by atoms with van der Waals surface area (Å²) in [7, 11) is 0. The van der Waals surface area contributed by atoms with Crippen LogP contribution in [0, 0.1) is 0 Å². The topological polar surface area (TPSA) is 22.8 Å². The van der Waals surface area contributed by atoms with Gasteiger partial charge in [-0.3, -0.25) is 4.98 Å². The van der Waals surface area contributed by atoms with Gasteiger partial charge in [-0.1, -0.05) is 103 Å². The summed E-state index contributed by atoms with van der Waals surface area (Å²) in [5.74, 6) is 0. The molecule has 0 fully saturated rings. The van der Waals surface area contributed by atoms with Gasteiger partial charge in [0.2, 0.25) is 0 Å². The van der Waals surface area contributed by atoms with Crippen LogP contribution in [-0.4, -0.2) is 14.1 Å². The number of benzene rings is 7. The van der Waals surface area contributed by atoms with Crippen molar-refractivity contribution >= 4 is 65.2 Å². The normalized spacial score (nSPS) is 11.9. The fourth-order valence-corrected chi connectivity index (χ4v) is 7.61. The predicted molar refractivity (Wildman–Crippen MR) is 193 cm³/mol. The van der Waals surface area contributed by atoms with Crippen LogP contribution in [0.4, 0.5) is 0 Å². The Kier molecular flexibility index (Phi) is 5.28. The van der Waals surface area contributed by atoms with Gasteiger partial charge in [0.15, 0.2) is 0 Å². The molecule has 0 spiro atoms. The van der Waals surface area contributed by atoms with Gasteiger partial charge in [0, 0.05) is 56.3 Å². The van der Waals surface area contributed by atoms with Crippen LogP contribution in [0.5, 0.6) is 0 Å². The summed E-state index contributed by atoms with van der Waals surface area (Å²) >= 11 is 0. The molecule has 0 bridgehead atoms. The van der Waals surface area contributed by atoms with Gasteiger partial charge in [-0.05, 0) is 70.3 Å². The summed E-state index contributed by atoms with van der Waals surface area (Å²) < 4.78 is 4.80. The van der Waals surface area contributed by atoms with Crippen molar-refractivity contribution in [2.24, 2.45) is 0 Å². The Morgan fingerprint density at radius 2 is 0.870 bits per heavy atom. The summed E-state index contributed by atoms with van der Waals surface area (Å²) in [4.78, 5) is 4.52. The van der Waals surface area contributed by atoms with Crippen LogP contribution >= 0.6 is 0 Å². The molecule has 3 nitrogen and oxygen atoms in total. The first-order chi connectivity index (χ1) is 22.8. The molecule has 46 heavy (non-hydrogen) atoms. The Bertz CT molecular complexity index is 2780. The molecule has 0 amide bonds. The molecule has 7 aromatic carbocycles. The van der Waals surface area contributed by atoms with Crippen molar-refractivity contribution in [3.63, 3.8) is 0 Å². The smallest absolute Gasteiger partial charge is 0.0547 e. The number of aromatic nitrogens is 3. The largest absolute Gasteiger partial charge is 0.309 e.